The number of sulfonamides is 1. The van der Waals surface area contributed by atoms with E-state index in [1.54, 1.807) is 24.3 Å². The first kappa shape index (κ1) is 15.3. The van der Waals surface area contributed by atoms with Gasteiger partial charge >= 0.3 is 0 Å². The fourth-order valence-electron chi connectivity index (χ4n) is 2.40. The molecule has 114 valence electrons. The van der Waals surface area contributed by atoms with Crippen molar-refractivity contribution in [1.29, 1.82) is 0 Å². The number of Topliss-reactive ketones (excluding diaryl/α,β-unsaturated/α-hetero) is 1. The highest BCUT2D eigenvalue weighted by atomic mass is 35.5. The highest BCUT2D eigenvalue weighted by molar-refractivity contribution is 7.92. The minimum absolute atomic E-state index is 0.0473. The van der Waals surface area contributed by atoms with Crippen LogP contribution in [0.4, 0.5) is 5.69 Å². The molecule has 0 aliphatic carbocycles. The number of ketones is 1. The first-order chi connectivity index (χ1) is 10.4. The largest absolute Gasteiger partial charge is 0.294 e. The molecular formula is C15H11Cl2NO3S. The summed E-state index contributed by atoms with van der Waals surface area (Å²) in [6, 6.07) is 10.8. The quantitative estimate of drug-likeness (QED) is 0.823. The van der Waals surface area contributed by atoms with Crippen molar-refractivity contribution in [3.05, 3.63) is 58.1 Å². The number of anilines is 1. The van der Waals surface area contributed by atoms with Gasteiger partial charge in [-0.15, -0.1) is 0 Å². The zero-order valence-electron chi connectivity index (χ0n) is 11.3. The van der Waals surface area contributed by atoms with Gasteiger partial charge in [0.15, 0.2) is 5.78 Å². The molecule has 0 radical (unpaired) electrons. The van der Waals surface area contributed by atoms with Crippen LogP contribution in [0.25, 0.3) is 0 Å². The Labute approximate surface area is 138 Å². The molecule has 1 heterocycles. The molecule has 2 aromatic rings. The summed E-state index contributed by atoms with van der Waals surface area (Å²) in [5.41, 5.74) is 0.808. The minimum atomic E-state index is -3.80. The number of hydrogen-bond acceptors (Lipinski definition) is 3. The molecule has 0 saturated carbocycles. The number of halogens is 2. The number of carbonyl (C=O) groups excluding carboxylic acids is 1. The number of hydrogen-bond donors (Lipinski definition) is 0. The average Bonchev–Trinajstić information content (AvgIpc) is 2.50. The Balaban J connectivity index is 2.12. The Kier molecular flexibility index (Phi) is 3.89. The summed E-state index contributed by atoms with van der Waals surface area (Å²) >= 11 is 11.7. The fraction of sp³-hybridized carbons (Fsp3) is 0.133. The van der Waals surface area contributed by atoms with Gasteiger partial charge in [-0.3, -0.25) is 9.10 Å². The van der Waals surface area contributed by atoms with Crippen molar-refractivity contribution in [2.24, 2.45) is 0 Å². The zero-order chi connectivity index (χ0) is 15.9. The lowest BCUT2D eigenvalue weighted by atomic mass is 10.0. The lowest BCUT2D eigenvalue weighted by Gasteiger charge is -2.29. The Morgan fingerprint density at radius 2 is 1.73 bits per heavy atom. The lowest BCUT2D eigenvalue weighted by Crippen LogP contribution is -2.37. The SMILES string of the molecule is O=C1CCN(S(=O)(=O)c2ccc(Cl)c(Cl)c2)c2ccccc21. The second-order valence-electron chi connectivity index (χ2n) is 4.84. The van der Waals surface area contributed by atoms with Crippen molar-refractivity contribution in [2.75, 3.05) is 10.8 Å². The van der Waals surface area contributed by atoms with Crippen molar-refractivity contribution < 1.29 is 13.2 Å². The monoisotopic (exact) mass is 355 g/mol. The molecule has 3 rings (SSSR count). The maximum Gasteiger partial charge on any atom is 0.264 e. The Hall–Kier alpha value is -1.56. The zero-order valence-corrected chi connectivity index (χ0v) is 13.6. The van der Waals surface area contributed by atoms with E-state index in [4.69, 9.17) is 23.2 Å². The van der Waals surface area contributed by atoms with Crippen molar-refractivity contribution in [2.45, 2.75) is 11.3 Å². The van der Waals surface area contributed by atoms with E-state index in [9.17, 15) is 13.2 Å². The number of benzene rings is 2. The van der Waals surface area contributed by atoms with Gasteiger partial charge in [0.1, 0.15) is 0 Å². The molecule has 0 spiro atoms. The number of nitrogens with zero attached hydrogens (tertiary/aromatic N) is 1. The van der Waals surface area contributed by atoms with E-state index in [1.807, 2.05) is 0 Å². The predicted octanol–water partition coefficient (Wildman–Crippen LogP) is 3.78. The molecule has 0 amide bonds. The first-order valence-electron chi connectivity index (χ1n) is 6.51. The maximum absolute atomic E-state index is 12.8. The second-order valence-corrected chi connectivity index (χ2v) is 7.52. The molecule has 0 bridgehead atoms. The predicted molar refractivity (Wildman–Crippen MR) is 86.4 cm³/mol. The Morgan fingerprint density at radius 3 is 2.45 bits per heavy atom. The van der Waals surface area contributed by atoms with Crippen LogP contribution < -0.4 is 4.31 Å². The number of para-hydroxylation sites is 1. The standard InChI is InChI=1S/C15H11Cl2NO3S/c16-12-6-5-10(9-13(12)17)22(20,21)18-8-7-15(19)11-3-1-2-4-14(11)18/h1-6,9H,7-8H2. The summed E-state index contributed by atoms with van der Waals surface area (Å²) in [6.45, 7) is 0.110. The number of rotatable bonds is 2. The van der Waals surface area contributed by atoms with Crippen LogP contribution >= 0.6 is 23.2 Å². The molecule has 4 nitrogen and oxygen atoms in total. The van der Waals surface area contributed by atoms with Crippen LogP contribution in [0.5, 0.6) is 0 Å². The van der Waals surface area contributed by atoms with Gasteiger partial charge in [-0.05, 0) is 30.3 Å². The van der Waals surface area contributed by atoms with Crippen molar-refractivity contribution in [3.63, 3.8) is 0 Å². The van der Waals surface area contributed by atoms with E-state index < -0.39 is 10.0 Å². The van der Waals surface area contributed by atoms with E-state index in [-0.39, 0.29) is 33.7 Å². The van der Waals surface area contributed by atoms with E-state index in [1.165, 1.54) is 22.5 Å². The average molecular weight is 356 g/mol. The normalized spacial score (nSPS) is 14.8. The number of fused-ring (bicyclic) bond motifs is 1. The van der Waals surface area contributed by atoms with Gasteiger partial charge in [0.2, 0.25) is 0 Å². The van der Waals surface area contributed by atoms with Crippen LogP contribution in [-0.4, -0.2) is 20.7 Å². The van der Waals surface area contributed by atoms with Gasteiger partial charge in [-0.2, -0.15) is 0 Å². The highest BCUT2D eigenvalue weighted by Crippen LogP contribution is 2.33. The summed E-state index contributed by atoms with van der Waals surface area (Å²) in [5, 5.41) is 0.457. The molecule has 0 saturated heterocycles. The molecule has 0 aromatic heterocycles. The van der Waals surface area contributed by atoms with Crippen LogP contribution in [0.15, 0.2) is 47.4 Å². The summed E-state index contributed by atoms with van der Waals surface area (Å²) in [7, 11) is -3.80. The molecule has 2 aromatic carbocycles. The van der Waals surface area contributed by atoms with Gasteiger partial charge in [0.25, 0.3) is 10.0 Å². The molecule has 1 aliphatic heterocycles. The first-order valence-corrected chi connectivity index (χ1v) is 8.71. The van der Waals surface area contributed by atoms with E-state index in [2.05, 4.69) is 0 Å². The van der Waals surface area contributed by atoms with Crippen LogP contribution in [0, 0.1) is 0 Å². The lowest BCUT2D eigenvalue weighted by molar-refractivity contribution is 0.0982. The third-order valence-corrected chi connectivity index (χ3v) is 6.04. The Bertz CT molecular complexity index is 865. The topological polar surface area (TPSA) is 54.5 Å². The van der Waals surface area contributed by atoms with Gasteiger partial charge in [-0.25, -0.2) is 8.42 Å². The van der Waals surface area contributed by atoms with Gasteiger partial charge in [0, 0.05) is 18.5 Å². The third kappa shape index (κ3) is 2.49. The molecule has 0 atom stereocenters. The minimum Gasteiger partial charge on any atom is -0.294 e. The fourth-order valence-corrected chi connectivity index (χ4v) is 4.27. The van der Waals surface area contributed by atoms with Crippen LogP contribution in [0.3, 0.4) is 0 Å². The van der Waals surface area contributed by atoms with Crippen molar-refractivity contribution in [1.82, 2.24) is 0 Å². The summed E-state index contributed by atoms with van der Waals surface area (Å²) < 4.78 is 26.9. The molecule has 22 heavy (non-hydrogen) atoms. The van der Waals surface area contributed by atoms with E-state index in [0.717, 1.165) is 0 Å². The van der Waals surface area contributed by atoms with E-state index in [0.29, 0.717) is 11.3 Å². The molecule has 7 heteroatoms. The number of carbonyl (C=O) groups is 1. The van der Waals surface area contributed by atoms with Crippen LogP contribution in [-0.2, 0) is 10.0 Å². The summed E-state index contributed by atoms with van der Waals surface area (Å²) in [4.78, 5) is 12.0. The molecule has 0 fully saturated rings. The van der Waals surface area contributed by atoms with Gasteiger partial charge in [-0.1, -0.05) is 35.3 Å². The van der Waals surface area contributed by atoms with Crippen molar-refractivity contribution in [3.8, 4) is 0 Å². The van der Waals surface area contributed by atoms with Gasteiger partial charge in [0.05, 0.1) is 20.6 Å². The maximum atomic E-state index is 12.8. The smallest absolute Gasteiger partial charge is 0.264 e. The molecule has 1 aliphatic rings. The summed E-state index contributed by atoms with van der Waals surface area (Å²) in [6.07, 6.45) is 0.150. The molecule has 0 N–H and O–H groups in total. The Morgan fingerprint density at radius 1 is 1.00 bits per heavy atom. The molecule has 0 unspecified atom stereocenters. The highest BCUT2D eigenvalue weighted by Gasteiger charge is 2.32. The van der Waals surface area contributed by atoms with Crippen LogP contribution in [0.1, 0.15) is 16.8 Å². The molecular weight excluding hydrogens is 345 g/mol. The van der Waals surface area contributed by atoms with E-state index >= 15 is 0 Å². The van der Waals surface area contributed by atoms with Crippen LogP contribution in [0.2, 0.25) is 10.0 Å². The second kappa shape index (κ2) is 5.57. The third-order valence-electron chi connectivity index (χ3n) is 3.49. The summed E-state index contributed by atoms with van der Waals surface area (Å²) in [5.74, 6) is -0.0591. The van der Waals surface area contributed by atoms with Crippen molar-refractivity contribution >= 4 is 44.7 Å². The van der Waals surface area contributed by atoms with Gasteiger partial charge < -0.3 is 0 Å².